The van der Waals surface area contributed by atoms with Crippen molar-refractivity contribution in [2.24, 2.45) is 0 Å². The standard InChI is InChI=1S/C15H22O4/c1-17-12-5-7-13(15(10-12)18-2)14(16)8-6-11-4-3-9-19-11/h5,7,10-11,14,16H,3-4,6,8-9H2,1-2H3. The van der Waals surface area contributed by atoms with Gasteiger partial charge in [0.15, 0.2) is 0 Å². The van der Waals surface area contributed by atoms with Crippen molar-refractivity contribution in [1.29, 1.82) is 0 Å². The molecule has 0 spiro atoms. The SMILES string of the molecule is COc1ccc(C(O)CCC2CCCO2)c(OC)c1. The van der Waals surface area contributed by atoms with Crippen molar-refractivity contribution < 1.29 is 19.3 Å². The number of aliphatic hydroxyl groups excluding tert-OH is 1. The van der Waals surface area contributed by atoms with Gasteiger partial charge in [-0.1, -0.05) is 0 Å². The van der Waals surface area contributed by atoms with Crippen molar-refractivity contribution in [1.82, 2.24) is 0 Å². The van der Waals surface area contributed by atoms with Crippen LogP contribution in [0.4, 0.5) is 0 Å². The highest BCUT2D eigenvalue weighted by molar-refractivity contribution is 5.41. The van der Waals surface area contributed by atoms with Crippen molar-refractivity contribution in [2.45, 2.75) is 37.9 Å². The van der Waals surface area contributed by atoms with Crippen LogP contribution in [0.15, 0.2) is 18.2 Å². The molecule has 19 heavy (non-hydrogen) atoms. The van der Waals surface area contributed by atoms with E-state index in [2.05, 4.69) is 0 Å². The fourth-order valence-electron chi connectivity index (χ4n) is 2.47. The molecule has 0 aliphatic carbocycles. The first-order valence-corrected chi connectivity index (χ1v) is 6.76. The first kappa shape index (κ1) is 14.2. The second-order valence-electron chi connectivity index (χ2n) is 4.84. The summed E-state index contributed by atoms with van der Waals surface area (Å²) in [6.45, 7) is 0.854. The Morgan fingerprint density at radius 3 is 2.84 bits per heavy atom. The lowest BCUT2D eigenvalue weighted by molar-refractivity contribution is 0.0805. The third-order valence-corrected chi connectivity index (χ3v) is 3.59. The summed E-state index contributed by atoms with van der Waals surface area (Å²) in [5, 5.41) is 10.3. The molecule has 0 aromatic heterocycles. The largest absolute Gasteiger partial charge is 0.497 e. The Morgan fingerprint density at radius 1 is 1.37 bits per heavy atom. The van der Waals surface area contributed by atoms with Crippen LogP contribution < -0.4 is 9.47 Å². The molecule has 0 radical (unpaired) electrons. The number of hydrogen-bond acceptors (Lipinski definition) is 4. The van der Waals surface area contributed by atoms with Crippen molar-refractivity contribution in [3.05, 3.63) is 23.8 Å². The first-order valence-electron chi connectivity index (χ1n) is 6.76. The summed E-state index contributed by atoms with van der Waals surface area (Å²) in [5.74, 6) is 1.39. The van der Waals surface area contributed by atoms with Crippen molar-refractivity contribution >= 4 is 0 Å². The first-order chi connectivity index (χ1) is 9.24. The Hall–Kier alpha value is -1.26. The van der Waals surface area contributed by atoms with E-state index in [0.717, 1.165) is 37.2 Å². The molecular formula is C15H22O4. The summed E-state index contributed by atoms with van der Waals surface area (Å²) in [5.41, 5.74) is 0.807. The number of methoxy groups -OCH3 is 2. The van der Waals surface area contributed by atoms with Gasteiger partial charge in [0.05, 0.1) is 26.4 Å². The Kier molecular flexibility index (Phi) is 5.05. The average Bonchev–Trinajstić information content (AvgIpc) is 2.97. The van der Waals surface area contributed by atoms with Crippen LogP contribution in [-0.2, 0) is 4.74 Å². The lowest BCUT2D eigenvalue weighted by Gasteiger charge is -2.17. The minimum Gasteiger partial charge on any atom is -0.497 e. The lowest BCUT2D eigenvalue weighted by atomic mass is 10.0. The van der Waals surface area contributed by atoms with Gasteiger partial charge in [-0.25, -0.2) is 0 Å². The molecule has 1 aromatic carbocycles. The van der Waals surface area contributed by atoms with Gasteiger partial charge in [-0.05, 0) is 37.8 Å². The third kappa shape index (κ3) is 3.61. The monoisotopic (exact) mass is 266 g/mol. The number of ether oxygens (including phenoxy) is 3. The van der Waals surface area contributed by atoms with Crippen LogP contribution >= 0.6 is 0 Å². The molecule has 4 nitrogen and oxygen atoms in total. The van der Waals surface area contributed by atoms with Crippen LogP contribution in [0.25, 0.3) is 0 Å². The summed E-state index contributed by atoms with van der Waals surface area (Å²) in [4.78, 5) is 0. The number of hydrogen-bond donors (Lipinski definition) is 1. The second-order valence-corrected chi connectivity index (χ2v) is 4.84. The van der Waals surface area contributed by atoms with Gasteiger partial charge < -0.3 is 19.3 Å². The molecule has 1 saturated heterocycles. The summed E-state index contributed by atoms with van der Waals surface area (Å²) in [6.07, 6.45) is 3.59. The highest BCUT2D eigenvalue weighted by Crippen LogP contribution is 2.32. The molecule has 4 heteroatoms. The van der Waals surface area contributed by atoms with Gasteiger partial charge >= 0.3 is 0 Å². The summed E-state index contributed by atoms with van der Waals surface area (Å²) in [6, 6.07) is 5.50. The van der Waals surface area contributed by atoms with Gasteiger partial charge in [0.1, 0.15) is 11.5 Å². The van der Waals surface area contributed by atoms with E-state index in [1.807, 2.05) is 12.1 Å². The zero-order valence-corrected chi connectivity index (χ0v) is 11.6. The normalized spacial score (nSPS) is 20.3. The van der Waals surface area contributed by atoms with E-state index in [1.54, 1.807) is 20.3 Å². The van der Waals surface area contributed by atoms with E-state index < -0.39 is 6.10 Å². The quantitative estimate of drug-likeness (QED) is 0.860. The molecule has 2 atom stereocenters. The number of benzene rings is 1. The molecule has 0 saturated carbocycles. The summed E-state index contributed by atoms with van der Waals surface area (Å²) < 4.78 is 16.0. The molecule has 1 aliphatic rings. The predicted octanol–water partition coefficient (Wildman–Crippen LogP) is 2.70. The third-order valence-electron chi connectivity index (χ3n) is 3.59. The average molecular weight is 266 g/mol. The van der Waals surface area contributed by atoms with Crippen LogP contribution in [0, 0.1) is 0 Å². The van der Waals surface area contributed by atoms with Crippen molar-refractivity contribution in [2.75, 3.05) is 20.8 Å². The van der Waals surface area contributed by atoms with E-state index in [1.165, 1.54) is 0 Å². The van der Waals surface area contributed by atoms with Crippen molar-refractivity contribution in [3.63, 3.8) is 0 Å². The number of aliphatic hydroxyl groups is 1. The lowest BCUT2D eigenvalue weighted by Crippen LogP contribution is -2.08. The molecule has 0 bridgehead atoms. The minimum atomic E-state index is -0.523. The molecule has 1 aromatic rings. The van der Waals surface area contributed by atoms with E-state index in [9.17, 15) is 5.11 Å². The fourth-order valence-corrected chi connectivity index (χ4v) is 2.47. The maximum absolute atomic E-state index is 10.3. The Bertz CT molecular complexity index is 399. The highest BCUT2D eigenvalue weighted by Gasteiger charge is 2.19. The number of rotatable bonds is 6. The Morgan fingerprint density at radius 2 is 2.21 bits per heavy atom. The highest BCUT2D eigenvalue weighted by atomic mass is 16.5. The van der Waals surface area contributed by atoms with E-state index >= 15 is 0 Å². The molecule has 1 fully saturated rings. The smallest absolute Gasteiger partial charge is 0.128 e. The van der Waals surface area contributed by atoms with Crippen LogP contribution in [0.1, 0.15) is 37.4 Å². The van der Waals surface area contributed by atoms with Crippen LogP contribution in [0.2, 0.25) is 0 Å². The maximum atomic E-state index is 10.3. The molecule has 1 heterocycles. The van der Waals surface area contributed by atoms with Gasteiger partial charge in [0.25, 0.3) is 0 Å². The van der Waals surface area contributed by atoms with E-state index in [4.69, 9.17) is 14.2 Å². The Labute approximate surface area is 114 Å². The molecule has 2 rings (SSSR count). The molecule has 2 unspecified atom stereocenters. The minimum absolute atomic E-state index is 0.305. The topological polar surface area (TPSA) is 47.9 Å². The molecule has 0 amide bonds. The van der Waals surface area contributed by atoms with Gasteiger partial charge in [-0.15, -0.1) is 0 Å². The fraction of sp³-hybridized carbons (Fsp3) is 0.600. The zero-order valence-electron chi connectivity index (χ0n) is 11.6. The van der Waals surface area contributed by atoms with Crippen LogP contribution in [0.5, 0.6) is 11.5 Å². The predicted molar refractivity (Wildman–Crippen MR) is 72.7 cm³/mol. The molecular weight excluding hydrogens is 244 g/mol. The van der Waals surface area contributed by atoms with Crippen molar-refractivity contribution in [3.8, 4) is 11.5 Å². The summed E-state index contributed by atoms with van der Waals surface area (Å²) in [7, 11) is 3.22. The molecule has 1 N–H and O–H groups in total. The second kappa shape index (κ2) is 6.78. The zero-order chi connectivity index (χ0) is 13.7. The van der Waals surface area contributed by atoms with Crippen LogP contribution in [-0.4, -0.2) is 32.0 Å². The molecule has 1 aliphatic heterocycles. The van der Waals surface area contributed by atoms with Gasteiger partial charge in [-0.3, -0.25) is 0 Å². The van der Waals surface area contributed by atoms with Gasteiger partial charge in [0, 0.05) is 18.2 Å². The van der Waals surface area contributed by atoms with Gasteiger partial charge in [0.2, 0.25) is 0 Å². The van der Waals surface area contributed by atoms with E-state index in [-0.39, 0.29) is 0 Å². The Balaban J connectivity index is 1.98. The summed E-state index contributed by atoms with van der Waals surface area (Å²) >= 11 is 0. The van der Waals surface area contributed by atoms with Gasteiger partial charge in [-0.2, -0.15) is 0 Å². The van der Waals surface area contributed by atoms with Crippen LogP contribution in [0.3, 0.4) is 0 Å². The maximum Gasteiger partial charge on any atom is 0.128 e. The van der Waals surface area contributed by atoms with E-state index in [0.29, 0.717) is 18.3 Å². The molecule has 106 valence electrons.